The molecule has 3 heteroatoms. The molecule has 0 N–H and O–H groups in total. The Morgan fingerprint density at radius 2 is 1.02 bits per heavy atom. The van der Waals surface area contributed by atoms with Gasteiger partial charge in [-0.3, -0.25) is 0 Å². The maximum absolute atomic E-state index is 6.42. The Hall–Kier alpha value is -6.58. The van der Waals surface area contributed by atoms with Crippen molar-refractivity contribution in [2.75, 3.05) is 4.90 Å². The highest BCUT2D eigenvalue weighted by Crippen LogP contribution is 2.48. The highest BCUT2D eigenvalue weighted by atomic mass is 16.5. The van der Waals surface area contributed by atoms with Gasteiger partial charge in [-0.1, -0.05) is 97.1 Å². The van der Waals surface area contributed by atoms with Gasteiger partial charge >= 0.3 is 0 Å². The number of para-hydroxylation sites is 3. The number of benzene rings is 8. The lowest BCUT2D eigenvalue weighted by atomic mass is 9.92. The average Bonchev–Trinajstić information content (AvgIpc) is 3.49. The van der Waals surface area contributed by atoms with E-state index in [1.165, 1.54) is 43.7 Å². The first-order chi connectivity index (χ1) is 24.3. The smallest absolute Gasteiger partial charge is 0.135 e. The topological polar surface area (TPSA) is 17.4 Å². The maximum Gasteiger partial charge on any atom is 0.135 e. The molecule has 0 spiro atoms. The molecule has 0 aliphatic carbocycles. The molecule has 0 saturated heterocycles. The molecule has 0 radical (unpaired) electrons. The molecule has 230 valence electrons. The van der Waals surface area contributed by atoms with Gasteiger partial charge in [0.1, 0.15) is 11.5 Å². The van der Waals surface area contributed by atoms with Crippen LogP contribution in [0.3, 0.4) is 0 Å². The molecule has 10 rings (SSSR count). The Balaban J connectivity index is 1.18. The molecule has 1 aliphatic heterocycles. The number of fused-ring (bicyclic) bond motifs is 5. The second-order valence-corrected chi connectivity index (χ2v) is 12.6. The van der Waals surface area contributed by atoms with Crippen LogP contribution in [-0.2, 0) is 0 Å². The lowest BCUT2D eigenvalue weighted by Crippen LogP contribution is -2.09. The normalized spacial score (nSPS) is 11.8. The second-order valence-electron chi connectivity index (χ2n) is 12.6. The fraction of sp³-hybridized carbons (Fsp3) is 0. The van der Waals surface area contributed by atoms with Crippen LogP contribution >= 0.6 is 0 Å². The van der Waals surface area contributed by atoms with Crippen LogP contribution in [-0.4, -0.2) is 4.57 Å². The summed E-state index contributed by atoms with van der Waals surface area (Å²) < 4.78 is 8.80. The zero-order chi connectivity index (χ0) is 32.3. The number of aromatic nitrogens is 1. The van der Waals surface area contributed by atoms with Crippen LogP contribution in [0.15, 0.2) is 182 Å². The fourth-order valence-corrected chi connectivity index (χ4v) is 7.53. The first-order valence-electron chi connectivity index (χ1n) is 16.7. The molecule has 3 nitrogen and oxygen atoms in total. The minimum absolute atomic E-state index is 0.892. The van der Waals surface area contributed by atoms with Crippen molar-refractivity contribution in [3.63, 3.8) is 0 Å². The molecule has 8 aromatic carbocycles. The summed E-state index contributed by atoms with van der Waals surface area (Å²) in [7, 11) is 0. The third kappa shape index (κ3) is 4.44. The Morgan fingerprint density at radius 3 is 1.76 bits per heavy atom. The van der Waals surface area contributed by atoms with Crippen molar-refractivity contribution in [3.05, 3.63) is 182 Å². The van der Waals surface area contributed by atoms with E-state index in [1.54, 1.807) is 0 Å². The summed E-state index contributed by atoms with van der Waals surface area (Å²) in [6, 6.07) is 65.0. The number of rotatable bonds is 5. The summed E-state index contributed by atoms with van der Waals surface area (Å²) in [6.45, 7) is 0. The van der Waals surface area contributed by atoms with Gasteiger partial charge in [-0.05, 0) is 107 Å². The van der Waals surface area contributed by atoms with E-state index in [0.29, 0.717) is 0 Å². The molecule has 49 heavy (non-hydrogen) atoms. The van der Waals surface area contributed by atoms with E-state index < -0.39 is 0 Å². The molecule has 0 unspecified atom stereocenters. The highest BCUT2D eigenvalue weighted by molar-refractivity contribution is 6.12. The summed E-state index contributed by atoms with van der Waals surface area (Å²) >= 11 is 0. The summed E-state index contributed by atoms with van der Waals surface area (Å²) in [4.78, 5) is 2.33. The number of anilines is 3. The van der Waals surface area contributed by atoms with E-state index in [2.05, 4.69) is 191 Å². The van der Waals surface area contributed by atoms with Crippen LogP contribution in [0.2, 0.25) is 0 Å². The van der Waals surface area contributed by atoms with Crippen molar-refractivity contribution >= 4 is 49.6 Å². The largest absolute Gasteiger partial charge is 0.456 e. The average molecular weight is 627 g/mol. The maximum atomic E-state index is 6.42. The predicted molar refractivity (Wildman–Crippen MR) is 204 cm³/mol. The zero-order valence-electron chi connectivity index (χ0n) is 26.6. The molecule has 9 aromatic rings. The van der Waals surface area contributed by atoms with Gasteiger partial charge in [0.05, 0.1) is 11.0 Å². The van der Waals surface area contributed by atoms with E-state index in [1.807, 2.05) is 0 Å². The van der Waals surface area contributed by atoms with Crippen molar-refractivity contribution < 1.29 is 4.74 Å². The Morgan fingerprint density at radius 1 is 0.408 bits per heavy atom. The number of hydrogen-bond donors (Lipinski definition) is 0. The Bertz CT molecular complexity index is 2630. The molecule has 2 heterocycles. The fourth-order valence-electron chi connectivity index (χ4n) is 7.53. The van der Waals surface area contributed by atoms with Crippen molar-refractivity contribution in [2.24, 2.45) is 0 Å². The molecule has 0 fully saturated rings. The Kier molecular flexibility index (Phi) is 6.18. The molecule has 0 bridgehead atoms. The molecule has 0 saturated carbocycles. The molecule has 1 aliphatic rings. The lowest BCUT2D eigenvalue weighted by Gasteiger charge is -2.25. The van der Waals surface area contributed by atoms with Gasteiger partial charge < -0.3 is 14.2 Å². The van der Waals surface area contributed by atoms with Crippen LogP contribution < -0.4 is 9.64 Å². The monoisotopic (exact) mass is 626 g/mol. The van der Waals surface area contributed by atoms with E-state index in [9.17, 15) is 0 Å². The van der Waals surface area contributed by atoms with Crippen LogP contribution in [0, 0.1) is 0 Å². The van der Waals surface area contributed by atoms with Crippen molar-refractivity contribution in [2.45, 2.75) is 0 Å². The van der Waals surface area contributed by atoms with Gasteiger partial charge in [-0.25, -0.2) is 0 Å². The van der Waals surface area contributed by atoms with Crippen LogP contribution in [0.1, 0.15) is 0 Å². The van der Waals surface area contributed by atoms with Crippen molar-refractivity contribution in [3.8, 4) is 39.4 Å². The number of ether oxygens (including phenoxy) is 1. The third-order valence-electron chi connectivity index (χ3n) is 9.74. The second kappa shape index (κ2) is 11.0. The standard InChI is InChI=1S/C46H30N2O/c1-4-14-34(15-5-1)47(35-16-6-2-7-17-35)37-24-26-43-40(30-37)39-28-32(22-25-42(39)48(43)36-18-8-3-9-19-36)33-23-27-44-41(29-33)38-20-10-12-31-13-11-21-45(49-44)46(31)38/h1-30H. The van der Waals surface area contributed by atoms with Gasteiger partial charge in [0.2, 0.25) is 0 Å². The molecule has 1 aromatic heterocycles. The summed E-state index contributed by atoms with van der Waals surface area (Å²) in [5.74, 6) is 1.81. The summed E-state index contributed by atoms with van der Waals surface area (Å²) in [5.41, 5.74) is 11.5. The van der Waals surface area contributed by atoms with Crippen molar-refractivity contribution in [1.82, 2.24) is 4.57 Å². The minimum Gasteiger partial charge on any atom is -0.456 e. The van der Waals surface area contributed by atoms with Crippen LogP contribution in [0.5, 0.6) is 11.5 Å². The molecule has 0 atom stereocenters. The first-order valence-corrected chi connectivity index (χ1v) is 16.7. The SMILES string of the molecule is c1ccc(N(c2ccccc2)c2ccc3c(c2)c2cc(-c4ccc5c(c4)-c4cccc6cccc(c46)O5)ccc2n3-c2ccccc2)cc1. The zero-order valence-corrected chi connectivity index (χ0v) is 26.6. The minimum atomic E-state index is 0.892. The van der Waals surface area contributed by atoms with Gasteiger partial charge in [0.25, 0.3) is 0 Å². The molecular weight excluding hydrogens is 597 g/mol. The highest BCUT2D eigenvalue weighted by Gasteiger charge is 2.21. The van der Waals surface area contributed by atoms with Gasteiger partial charge in [0.15, 0.2) is 0 Å². The summed E-state index contributed by atoms with van der Waals surface area (Å²) in [5, 5.41) is 4.78. The third-order valence-corrected chi connectivity index (χ3v) is 9.74. The van der Waals surface area contributed by atoms with E-state index in [0.717, 1.165) is 45.4 Å². The Labute approximate surface area is 284 Å². The van der Waals surface area contributed by atoms with Crippen LogP contribution in [0.4, 0.5) is 17.1 Å². The van der Waals surface area contributed by atoms with Gasteiger partial charge in [-0.2, -0.15) is 0 Å². The molecule has 0 amide bonds. The summed E-state index contributed by atoms with van der Waals surface area (Å²) in [6.07, 6.45) is 0. The predicted octanol–water partition coefficient (Wildman–Crippen LogP) is 12.8. The molecular formula is C46H30N2O. The van der Waals surface area contributed by atoms with Crippen molar-refractivity contribution in [1.29, 1.82) is 0 Å². The quantitative estimate of drug-likeness (QED) is 0.189. The van der Waals surface area contributed by atoms with Gasteiger partial charge in [-0.15, -0.1) is 0 Å². The van der Waals surface area contributed by atoms with E-state index in [4.69, 9.17) is 4.74 Å². The van der Waals surface area contributed by atoms with Crippen LogP contribution in [0.25, 0.3) is 60.5 Å². The van der Waals surface area contributed by atoms with E-state index >= 15 is 0 Å². The lowest BCUT2D eigenvalue weighted by molar-refractivity contribution is 0.487. The van der Waals surface area contributed by atoms with Gasteiger partial charge in [0, 0.05) is 44.5 Å². The number of hydrogen-bond acceptors (Lipinski definition) is 2. The number of nitrogens with zero attached hydrogens (tertiary/aromatic N) is 2. The van der Waals surface area contributed by atoms with E-state index in [-0.39, 0.29) is 0 Å². The first kappa shape index (κ1) is 27.5.